The average molecular weight is 365 g/mol. The lowest BCUT2D eigenvalue weighted by Gasteiger charge is -2.08. The summed E-state index contributed by atoms with van der Waals surface area (Å²) >= 11 is 0. The van der Waals surface area contributed by atoms with E-state index in [0.29, 0.717) is 16.8 Å². The Morgan fingerprint density at radius 1 is 1.04 bits per heavy atom. The normalized spacial score (nSPS) is 15.6. The number of fused-ring (bicyclic) bond motifs is 2. The largest absolute Gasteiger partial charge is 0.507 e. The highest BCUT2D eigenvalue weighted by molar-refractivity contribution is 7.90. The second kappa shape index (κ2) is 5.96. The van der Waals surface area contributed by atoms with Crippen LogP contribution < -0.4 is 5.43 Å². The van der Waals surface area contributed by atoms with E-state index in [0.717, 1.165) is 10.8 Å². The van der Waals surface area contributed by atoms with Crippen molar-refractivity contribution < 1.29 is 13.5 Å². The van der Waals surface area contributed by atoms with Crippen LogP contribution in [-0.4, -0.2) is 25.1 Å². The van der Waals surface area contributed by atoms with Gasteiger partial charge in [0.25, 0.3) is 10.0 Å². The molecule has 0 radical (unpaired) electrons. The lowest BCUT2D eigenvalue weighted by atomic mass is 10.0. The second-order valence-corrected chi connectivity index (χ2v) is 7.48. The number of benzene rings is 3. The number of aromatic hydroxyl groups is 1. The van der Waals surface area contributed by atoms with Crippen LogP contribution in [-0.2, 0) is 10.0 Å². The topological polar surface area (TPSA) is 91.1 Å². The molecule has 4 rings (SSSR count). The Labute approximate surface area is 150 Å². The van der Waals surface area contributed by atoms with Gasteiger partial charge in [0.1, 0.15) is 10.6 Å². The van der Waals surface area contributed by atoms with Gasteiger partial charge in [-0.05, 0) is 30.5 Å². The third kappa shape index (κ3) is 2.62. The molecule has 0 bridgehead atoms. The van der Waals surface area contributed by atoms with Crippen molar-refractivity contribution in [3.63, 3.8) is 0 Å². The van der Waals surface area contributed by atoms with Crippen LogP contribution >= 0.6 is 0 Å². The molecule has 7 heteroatoms. The number of amidine groups is 1. The summed E-state index contributed by atoms with van der Waals surface area (Å²) in [6.45, 7) is 1.73. The van der Waals surface area contributed by atoms with Gasteiger partial charge in [-0.15, -0.1) is 4.40 Å². The Balaban J connectivity index is 1.70. The molecule has 0 aromatic heterocycles. The molecular formula is C19H15N3O3S. The number of sulfonamides is 1. The van der Waals surface area contributed by atoms with E-state index in [1.165, 1.54) is 6.07 Å². The molecule has 0 atom stereocenters. The molecule has 1 heterocycles. The van der Waals surface area contributed by atoms with E-state index in [4.69, 9.17) is 0 Å². The van der Waals surface area contributed by atoms with Crippen LogP contribution in [0.2, 0.25) is 0 Å². The van der Waals surface area contributed by atoms with Crippen LogP contribution in [0, 0.1) is 0 Å². The van der Waals surface area contributed by atoms with Crippen molar-refractivity contribution >= 4 is 32.3 Å². The van der Waals surface area contributed by atoms with Crippen molar-refractivity contribution in [2.24, 2.45) is 9.50 Å². The summed E-state index contributed by atoms with van der Waals surface area (Å²) in [5.74, 6) is 0.299. The first-order chi connectivity index (χ1) is 12.5. The number of rotatable bonds is 2. The summed E-state index contributed by atoms with van der Waals surface area (Å²) in [6.07, 6.45) is 0. The van der Waals surface area contributed by atoms with Crippen LogP contribution in [0.3, 0.4) is 0 Å². The zero-order valence-electron chi connectivity index (χ0n) is 13.8. The lowest BCUT2D eigenvalue weighted by Crippen LogP contribution is -2.19. The van der Waals surface area contributed by atoms with Crippen LogP contribution in [0.1, 0.15) is 18.1 Å². The smallest absolute Gasteiger partial charge is 0.285 e. The quantitative estimate of drug-likeness (QED) is 0.539. The third-order valence-corrected chi connectivity index (χ3v) is 5.59. The maximum atomic E-state index is 12.1. The molecule has 1 aliphatic heterocycles. The van der Waals surface area contributed by atoms with Crippen LogP contribution in [0.25, 0.3) is 10.8 Å². The summed E-state index contributed by atoms with van der Waals surface area (Å²) in [4.78, 5) is 0.156. The van der Waals surface area contributed by atoms with Crippen molar-refractivity contribution in [3.05, 3.63) is 71.8 Å². The van der Waals surface area contributed by atoms with Crippen molar-refractivity contribution in [2.75, 3.05) is 0 Å². The fraction of sp³-hybridized carbons (Fsp3) is 0.0526. The first-order valence-corrected chi connectivity index (χ1v) is 9.37. The average Bonchev–Trinajstić information content (AvgIpc) is 2.91. The minimum absolute atomic E-state index is 0.132. The Morgan fingerprint density at radius 2 is 1.77 bits per heavy atom. The van der Waals surface area contributed by atoms with Crippen molar-refractivity contribution in [1.29, 1.82) is 0 Å². The zero-order chi connectivity index (χ0) is 18.3. The van der Waals surface area contributed by atoms with E-state index in [1.807, 2.05) is 30.3 Å². The minimum Gasteiger partial charge on any atom is -0.507 e. The minimum atomic E-state index is -3.70. The molecule has 1 aliphatic rings. The first-order valence-electron chi connectivity index (χ1n) is 7.93. The maximum absolute atomic E-state index is 12.1. The first kappa shape index (κ1) is 16.3. The Hall–Kier alpha value is -3.19. The molecule has 2 N–H and O–H groups in total. The molecule has 0 saturated carbocycles. The van der Waals surface area contributed by atoms with E-state index >= 15 is 0 Å². The number of phenols is 1. The van der Waals surface area contributed by atoms with Gasteiger partial charge in [-0.1, -0.05) is 42.5 Å². The molecule has 0 aliphatic carbocycles. The van der Waals surface area contributed by atoms with Crippen LogP contribution in [0.4, 0.5) is 0 Å². The van der Waals surface area contributed by atoms with Gasteiger partial charge < -0.3 is 5.11 Å². The second-order valence-electron chi connectivity index (χ2n) is 5.90. The summed E-state index contributed by atoms with van der Waals surface area (Å²) in [6, 6.07) is 17.7. The number of phenolic OH excluding ortho intramolecular Hbond substituents is 1. The van der Waals surface area contributed by atoms with Gasteiger partial charge in [0, 0.05) is 16.5 Å². The van der Waals surface area contributed by atoms with Gasteiger partial charge in [0.2, 0.25) is 0 Å². The molecule has 6 nitrogen and oxygen atoms in total. The molecule has 26 heavy (non-hydrogen) atoms. The fourth-order valence-corrected chi connectivity index (χ4v) is 4.10. The highest BCUT2D eigenvalue weighted by Crippen LogP contribution is 2.29. The molecule has 0 fully saturated rings. The van der Waals surface area contributed by atoms with Crippen molar-refractivity contribution in [3.8, 4) is 5.75 Å². The third-order valence-electron chi connectivity index (χ3n) is 4.25. The number of nitrogens with zero attached hydrogens (tertiary/aromatic N) is 2. The SMILES string of the molecule is C/C(=N/NC1=NS(=O)(=O)c2ccccc21)c1ccc2ccccc2c1O. The number of hydrogen-bond acceptors (Lipinski definition) is 5. The molecule has 3 aromatic rings. The Kier molecular flexibility index (Phi) is 3.73. The predicted molar refractivity (Wildman–Crippen MR) is 101 cm³/mol. The summed E-state index contributed by atoms with van der Waals surface area (Å²) in [7, 11) is -3.70. The van der Waals surface area contributed by atoms with E-state index in [9.17, 15) is 13.5 Å². The van der Waals surface area contributed by atoms with Crippen molar-refractivity contribution in [1.82, 2.24) is 5.43 Å². The highest BCUT2D eigenvalue weighted by atomic mass is 32.2. The molecular weight excluding hydrogens is 350 g/mol. The maximum Gasteiger partial charge on any atom is 0.285 e. The van der Waals surface area contributed by atoms with Gasteiger partial charge in [-0.25, -0.2) is 0 Å². The van der Waals surface area contributed by atoms with Crippen molar-refractivity contribution in [2.45, 2.75) is 11.8 Å². The molecule has 0 spiro atoms. The molecule has 3 aromatic carbocycles. The fourth-order valence-electron chi connectivity index (χ4n) is 2.93. The number of hydrogen-bond donors (Lipinski definition) is 2. The van der Waals surface area contributed by atoms with E-state index < -0.39 is 10.0 Å². The van der Waals surface area contributed by atoms with Crippen LogP contribution in [0.15, 0.2) is 75.1 Å². The van der Waals surface area contributed by atoms with Crippen LogP contribution in [0.5, 0.6) is 5.75 Å². The molecule has 0 amide bonds. The summed E-state index contributed by atoms with van der Waals surface area (Å²) in [5.41, 5.74) is 4.27. The summed E-state index contributed by atoms with van der Waals surface area (Å²) in [5, 5.41) is 16.4. The molecule has 0 saturated heterocycles. The number of hydrazone groups is 1. The standard InChI is InChI=1S/C19H15N3O3S/c1-12(14-11-10-13-6-2-3-7-15(13)18(14)23)20-21-19-16-8-4-5-9-17(16)26(24,25)22-19/h2-11,23H,1H3,(H,21,22)/b20-12-. The van der Waals surface area contributed by atoms with E-state index in [-0.39, 0.29) is 16.5 Å². The Bertz CT molecular complexity index is 1200. The zero-order valence-corrected chi connectivity index (χ0v) is 14.7. The van der Waals surface area contributed by atoms with Gasteiger partial charge in [-0.2, -0.15) is 13.5 Å². The van der Waals surface area contributed by atoms with E-state index in [1.54, 1.807) is 31.2 Å². The van der Waals surface area contributed by atoms with Gasteiger partial charge in [0.05, 0.1) is 5.71 Å². The van der Waals surface area contributed by atoms with Gasteiger partial charge in [-0.3, -0.25) is 5.43 Å². The monoisotopic (exact) mass is 365 g/mol. The summed E-state index contributed by atoms with van der Waals surface area (Å²) < 4.78 is 27.9. The Morgan fingerprint density at radius 3 is 2.62 bits per heavy atom. The molecule has 0 unspecified atom stereocenters. The van der Waals surface area contributed by atoms with Gasteiger partial charge in [0.15, 0.2) is 5.84 Å². The predicted octanol–water partition coefficient (Wildman–Crippen LogP) is 3.01. The molecule has 130 valence electrons. The van der Waals surface area contributed by atoms with E-state index in [2.05, 4.69) is 14.9 Å². The highest BCUT2D eigenvalue weighted by Gasteiger charge is 2.28. The number of nitrogens with one attached hydrogen (secondary N) is 1. The lowest BCUT2D eigenvalue weighted by molar-refractivity contribution is 0.480. The van der Waals surface area contributed by atoms with Gasteiger partial charge >= 0.3 is 0 Å².